The molecule has 3 N–H and O–H groups in total. The first kappa shape index (κ1) is 12.7. The van der Waals surface area contributed by atoms with Gasteiger partial charge in [-0.15, -0.1) is 0 Å². The number of nitrogens with one attached hydrogen (secondary N) is 3. The van der Waals surface area contributed by atoms with E-state index in [2.05, 4.69) is 25.9 Å². The van der Waals surface area contributed by atoms with E-state index < -0.39 is 0 Å². The molecule has 1 heterocycles. The van der Waals surface area contributed by atoms with Gasteiger partial charge in [0.05, 0.1) is 0 Å². The van der Waals surface area contributed by atoms with Crippen LogP contribution in [0.3, 0.4) is 0 Å². The third kappa shape index (κ3) is 2.99. The second kappa shape index (κ2) is 5.77. The Morgan fingerprint density at radius 3 is 2.60 bits per heavy atom. The lowest BCUT2D eigenvalue weighted by Crippen LogP contribution is -2.27. The fourth-order valence-corrected chi connectivity index (χ4v) is 2.17. The molecule has 1 aromatic heterocycles. The minimum atomic E-state index is 0.574. The Morgan fingerprint density at radius 2 is 1.85 bits per heavy atom. The van der Waals surface area contributed by atoms with E-state index >= 15 is 0 Å². The number of hydrogen-bond acceptors (Lipinski definition) is 5. The number of nitrogens with zero attached hydrogens (tertiary/aromatic N) is 2. The largest absolute Gasteiger partial charge is 0.388 e. The van der Waals surface area contributed by atoms with Gasteiger partial charge in [0.25, 0.3) is 0 Å². The van der Waals surface area contributed by atoms with Crippen LogP contribution in [0.2, 0.25) is 0 Å². The molecule has 20 heavy (non-hydrogen) atoms. The number of benzene rings is 1. The normalized spacial score (nSPS) is 14.4. The Labute approximate surface area is 118 Å². The summed E-state index contributed by atoms with van der Waals surface area (Å²) in [5.41, 5.74) is 2.07. The van der Waals surface area contributed by atoms with E-state index in [4.69, 9.17) is 0 Å². The molecule has 0 amide bonds. The molecule has 0 spiro atoms. The first-order chi connectivity index (χ1) is 9.83. The Morgan fingerprint density at radius 1 is 1.05 bits per heavy atom. The Hall–Kier alpha value is -2.30. The van der Waals surface area contributed by atoms with Crippen molar-refractivity contribution in [3.05, 3.63) is 36.7 Å². The predicted octanol–water partition coefficient (Wildman–Crippen LogP) is 3.23. The SMILES string of the molecule is CNc1cccc(Nc2cc(NC3CCC3)ncn2)c1. The molecular weight excluding hydrogens is 250 g/mol. The van der Waals surface area contributed by atoms with Crippen molar-refractivity contribution in [3.63, 3.8) is 0 Å². The molecule has 0 unspecified atom stereocenters. The molecule has 1 fully saturated rings. The summed E-state index contributed by atoms with van der Waals surface area (Å²) in [5, 5.41) is 9.84. The fraction of sp³-hybridized carbons (Fsp3) is 0.333. The van der Waals surface area contributed by atoms with Crippen molar-refractivity contribution in [2.45, 2.75) is 25.3 Å². The molecule has 0 aliphatic heterocycles. The van der Waals surface area contributed by atoms with Crippen molar-refractivity contribution >= 4 is 23.0 Å². The molecule has 1 saturated carbocycles. The van der Waals surface area contributed by atoms with Gasteiger partial charge in [-0.1, -0.05) is 6.07 Å². The van der Waals surface area contributed by atoms with Gasteiger partial charge in [-0.05, 0) is 37.5 Å². The topological polar surface area (TPSA) is 61.9 Å². The van der Waals surface area contributed by atoms with Crippen molar-refractivity contribution < 1.29 is 0 Å². The average Bonchev–Trinajstić information content (AvgIpc) is 2.44. The highest BCUT2D eigenvalue weighted by Gasteiger charge is 2.17. The highest BCUT2D eigenvalue weighted by atomic mass is 15.1. The second-order valence-electron chi connectivity index (χ2n) is 5.02. The fourth-order valence-electron chi connectivity index (χ4n) is 2.17. The summed E-state index contributed by atoms with van der Waals surface area (Å²) in [4.78, 5) is 8.52. The molecule has 104 valence electrons. The summed E-state index contributed by atoms with van der Waals surface area (Å²) in [6.07, 6.45) is 5.36. The molecule has 1 aromatic carbocycles. The van der Waals surface area contributed by atoms with Crippen LogP contribution in [0.25, 0.3) is 0 Å². The van der Waals surface area contributed by atoms with Crippen molar-refractivity contribution in [1.29, 1.82) is 0 Å². The van der Waals surface area contributed by atoms with Crippen LogP contribution in [0.5, 0.6) is 0 Å². The van der Waals surface area contributed by atoms with E-state index in [0.717, 1.165) is 23.0 Å². The summed E-state index contributed by atoms with van der Waals surface area (Å²) < 4.78 is 0. The minimum Gasteiger partial charge on any atom is -0.388 e. The number of rotatable bonds is 5. The Balaban J connectivity index is 1.71. The summed E-state index contributed by atoms with van der Waals surface area (Å²) in [6.45, 7) is 0. The van der Waals surface area contributed by atoms with Gasteiger partial charge in [0.2, 0.25) is 0 Å². The van der Waals surface area contributed by atoms with Gasteiger partial charge in [-0.3, -0.25) is 0 Å². The van der Waals surface area contributed by atoms with Crippen LogP contribution >= 0.6 is 0 Å². The van der Waals surface area contributed by atoms with E-state index in [1.807, 2.05) is 37.4 Å². The predicted molar refractivity (Wildman–Crippen MR) is 82.6 cm³/mol. The molecule has 5 heteroatoms. The standard InChI is InChI=1S/C15H19N5/c1-16-12-6-3-7-13(8-12)20-15-9-14(17-10-18-15)19-11-4-2-5-11/h3,6-11,16H,2,4-5H2,1H3,(H2,17,18,19,20). The van der Waals surface area contributed by atoms with E-state index in [9.17, 15) is 0 Å². The first-order valence-corrected chi connectivity index (χ1v) is 6.97. The minimum absolute atomic E-state index is 0.574. The summed E-state index contributed by atoms with van der Waals surface area (Å²) in [6, 6.07) is 10.6. The highest BCUT2D eigenvalue weighted by molar-refractivity contribution is 5.63. The van der Waals surface area contributed by atoms with Crippen LogP contribution in [-0.2, 0) is 0 Å². The molecule has 3 rings (SSSR count). The van der Waals surface area contributed by atoms with Crippen molar-refractivity contribution in [2.75, 3.05) is 23.0 Å². The third-order valence-electron chi connectivity index (χ3n) is 3.55. The van der Waals surface area contributed by atoms with Gasteiger partial charge in [-0.2, -0.15) is 0 Å². The van der Waals surface area contributed by atoms with Gasteiger partial charge < -0.3 is 16.0 Å². The zero-order valence-corrected chi connectivity index (χ0v) is 11.6. The van der Waals surface area contributed by atoms with Crippen molar-refractivity contribution in [3.8, 4) is 0 Å². The summed E-state index contributed by atoms with van der Waals surface area (Å²) in [7, 11) is 1.91. The van der Waals surface area contributed by atoms with Gasteiger partial charge in [-0.25, -0.2) is 9.97 Å². The Kier molecular flexibility index (Phi) is 3.67. The van der Waals surface area contributed by atoms with Crippen LogP contribution in [0.4, 0.5) is 23.0 Å². The van der Waals surface area contributed by atoms with E-state index in [-0.39, 0.29) is 0 Å². The molecule has 2 aromatic rings. The lowest BCUT2D eigenvalue weighted by Gasteiger charge is -2.26. The summed E-state index contributed by atoms with van der Waals surface area (Å²) >= 11 is 0. The molecule has 1 aliphatic rings. The number of anilines is 4. The van der Waals surface area contributed by atoms with Gasteiger partial charge in [0.15, 0.2) is 0 Å². The van der Waals surface area contributed by atoms with Crippen molar-refractivity contribution in [1.82, 2.24) is 9.97 Å². The van der Waals surface area contributed by atoms with Gasteiger partial charge in [0.1, 0.15) is 18.0 Å². The Bertz CT molecular complexity index is 580. The molecular formula is C15H19N5. The van der Waals surface area contributed by atoms with E-state index in [1.165, 1.54) is 19.3 Å². The maximum atomic E-state index is 4.26. The van der Waals surface area contributed by atoms with Crippen LogP contribution in [0, 0.1) is 0 Å². The summed E-state index contributed by atoms with van der Waals surface area (Å²) in [5.74, 6) is 1.69. The third-order valence-corrected chi connectivity index (χ3v) is 3.55. The van der Waals surface area contributed by atoms with Crippen LogP contribution in [-0.4, -0.2) is 23.1 Å². The van der Waals surface area contributed by atoms with E-state index in [1.54, 1.807) is 6.33 Å². The average molecular weight is 269 g/mol. The van der Waals surface area contributed by atoms with E-state index in [0.29, 0.717) is 6.04 Å². The smallest absolute Gasteiger partial charge is 0.135 e. The molecule has 0 atom stereocenters. The lowest BCUT2D eigenvalue weighted by molar-refractivity contribution is 0.444. The van der Waals surface area contributed by atoms with Crippen LogP contribution < -0.4 is 16.0 Å². The molecule has 1 aliphatic carbocycles. The molecule has 0 bridgehead atoms. The number of aromatic nitrogens is 2. The number of hydrogen-bond donors (Lipinski definition) is 3. The van der Waals surface area contributed by atoms with Crippen molar-refractivity contribution in [2.24, 2.45) is 0 Å². The van der Waals surface area contributed by atoms with Crippen LogP contribution in [0.15, 0.2) is 36.7 Å². The lowest BCUT2D eigenvalue weighted by atomic mass is 9.93. The quantitative estimate of drug-likeness (QED) is 0.778. The molecule has 0 saturated heterocycles. The van der Waals surface area contributed by atoms with Gasteiger partial charge >= 0.3 is 0 Å². The zero-order chi connectivity index (χ0) is 13.8. The zero-order valence-electron chi connectivity index (χ0n) is 11.6. The second-order valence-corrected chi connectivity index (χ2v) is 5.02. The van der Waals surface area contributed by atoms with Gasteiger partial charge in [0, 0.05) is 30.5 Å². The maximum Gasteiger partial charge on any atom is 0.135 e. The first-order valence-electron chi connectivity index (χ1n) is 6.97. The molecule has 0 radical (unpaired) electrons. The highest BCUT2D eigenvalue weighted by Crippen LogP contribution is 2.24. The monoisotopic (exact) mass is 269 g/mol. The van der Waals surface area contributed by atoms with Crippen LogP contribution in [0.1, 0.15) is 19.3 Å². The molecule has 5 nitrogen and oxygen atoms in total. The maximum absolute atomic E-state index is 4.26.